The smallest absolute Gasteiger partial charge is 0.328 e. The number of likely N-dealkylation sites (tertiary alicyclic amines) is 2. The molecule has 2 heterocycles. The van der Waals surface area contributed by atoms with Gasteiger partial charge in [0.05, 0.1) is 12.6 Å². The largest absolute Gasteiger partial charge is 0.480 e. The molecule has 2 fully saturated rings. The Balaban J connectivity index is 2.06. The van der Waals surface area contributed by atoms with Crippen LogP contribution in [-0.2, 0) is 24.0 Å². The topological polar surface area (TPSA) is 196 Å². The molecule has 0 aliphatic carbocycles. The molecule has 7 N–H and O–H groups in total. The summed E-state index contributed by atoms with van der Waals surface area (Å²) in [7, 11) is 0. The molecule has 0 radical (unpaired) electrons. The Morgan fingerprint density at radius 3 is 2.20 bits per heavy atom. The molecular weight excluding hydrogens is 398 g/mol. The number of nitrogens with one attached hydrogen (secondary N) is 1. The molecule has 12 heteroatoms. The number of nitrogens with two attached hydrogens (primary N) is 2. The first-order chi connectivity index (χ1) is 14.2. The fourth-order valence-corrected chi connectivity index (χ4v) is 3.87. The van der Waals surface area contributed by atoms with Gasteiger partial charge in [0.1, 0.15) is 18.1 Å². The van der Waals surface area contributed by atoms with Gasteiger partial charge in [0.25, 0.3) is 0 Å². The minimum absolute atomic E-state index is 0.0384. The maximum atomic E-state index is 13.1. The molecule has 4 atom stereocenters. The van der Waals surface area contributed by atoms with Gasteiger partial charge in [-0.05, 0) is 32.1 Å². The maximum Gasteiger partial charge on any atom is 0.328 e. The molecule has 168 valence electrons. The van der Waals surface area contributed by atoms with Gasteiger partial charge < -0.3 is 36.8 Å². The molecule has 2 aliphatic rings. The number of hydrogen-bond donors (Lipinski definition) is 5. The van der Waals surface area contributed by atoms with Gasteiger partial charge in [-0.15, -0.1) is 0 Å². The molecule has 2 saturated heterocycles. The predicted octanol–water partition coefficient (Wildman–Crippen LogP) is -2.88. The van der Waals surface area contributed by atoms with Gasteiger partial charge in [0.2, 0.25) is 23.6 Å². The number of rotatable bonds is 9. The van der Waals surface area contributed by atoms with Gasteiger partial charge >= 0.3 is 5.97 Å². The van der Waals surface area contributed by atoms with Crippen molar-refractivity contribution in [2.75, 3.05) is 19.7 Å². The summed E-state index contributed by atoms with van der Waals surface area (Å²) in [6, 6.07) is -4.04. The molecule has 12 nitrogen and oxygen atoms in total. The van der Waals surface area contributed by atoms with Gasteiger partial charge in [-0.1, -0.05) is 0 Å². The number of aliphatic hydroxyl groups is 1. The summed E-state index contributed by atoms with van der Waals surface area (Å²) in [4.78, 5) is 63.0. The number of amides is 4. The van der Waals surface area contributed by atoms with Crippen molar-refractivity contribution in [1.82, 2.24) is 15.1 Å². The van der Waals surface area contributed by atoms with E-state index in [1.165, 1.54) is 9.80 Å². The number of hydrogen-bond acceptors (Lipinski definition) is 7. The third-order valence-electron chi connectivity index (χ3n) is 5.48. The number of carboxylic acids is 1. The second kappa shape index (κ2) is 10.3. The lowest BCUT2D eigenvalue weighted by Crippen LogP contribution is -2.56. The third kappa shape index (κ3) is 5.45. The van der Waals surface area contributed by atoms with Crippen molar-refractivity contribution in [2.24, 2.45) is 11.5 Å². The van der Waals surface area contributed by atoms with Crippen LogP contribution in [0.2, 0.25) is 0 Å². The van der Waals surface area contributed by atoms with E-state index in [-0.39, 0.29) is 12.8 Å². The Morgan fingerprint density at radius 2 is 1.63 bits per heavy atom. The Kier molecular flexibility index (Phi) is 8.12. The van der Waals surface area contributed by atoms with Crippen molar-refractivity contribution in [3.05, 3.63) is 0 Å². The first kappa shape index (κ1) is 23.5. The molecule has 0 aromatic carbocycles. The molecule has 0 aromatic rings. The van der Waals surface area contributed by atoms with E-state index in [4.69, 9.17) is 21.7 Å². The minimum Gasteiger partial charge on any atom is -0.480 e. The van der Waals surface area contributed by atoms with Crippen LogP contribution in [0.4, 0.5) is 0 Å². The number of carbonyl (C=O) groups excluding carboxylic acids is 4. The summed E-state index contributed by atoms with van der Waals surface area (Å²) < 4.78 is 0. The van der Waals surface area contributed by atoms with Crippen LogP contribution in [-0.4, -0.2) is 93.5 Å². The Hall–Kier alpha value is -2.73. The summed E-state index contributed by atoms with van der Waals surface area (Å²) in [6.45, 7) is -0.119. The molecular formula is C18H29N5O7. The first-order valence-corrected chi connectivity index (χ1v) is 9.96. The number of aliphatic carboxylic acids is 1. The number of nitrogens with zero attached hydrogens (tertiary/aromatic N) is 2. The first-order valence-electron chi connectivity index (χ1n) is 9.96. The fraction of sp³-hybridized carbons (Fsp3) is 0.722. The van der Waals surface area contributed by atoms with E-state index in [9.17, 15) is 24.0 Å². The summed E-state index contributed by atoms with van der Waals surface area (Å²) in [5.74, 6) is -3.44. The van der Waals surface area contributed by atoms with Crippen molar-refractivity contribution in [3.63, 3.8) is 0 Å². The summed E-state index contributed by atoms with van der Waals surface area (Å²) >= 11 is 0. The van der Waals surface area contributed by atoms with Crippen LogP contribution >= 0.6 is 0 Å². The average Bonchev–Trinajstić information content (AvgIpc) is 3.38. The van der Waals surface area contributed by atoms with Crippen LogP contribution in [0, 0.1) is 0 Å². The van der Waals surface area contributed by atoms with E-state index in [1.807, 2.05) is 0 Å². The zero-order chi connectivity index (χ0) is 22.4. The molecule has 0 bridgehead atoms. The summed E-state index contributed by atoms with van der Waals surface area (Å²) in [5.41, 5.74) is 11.0. The highest BCUT2D eigenvalue weighted by Gasteiger charge is 2.43. The van der Waals surface area contributed by atoms with Crippen molar-refractivity contribution >= 4 is 29.6 Å². The van der Waals surface area contributed by atoms with Gasteiger partial charge in [-0.25, -0.2) is 4.79 Å². The molecule has 0 spiro atoms. The van der Waals surface area contributed by atoms with Crippen LogP contribution in [0.15, 0.2) is 0 Å². The lowest BCUT2D eigenvalue weighted by molar-refractivity contribution is -0.148. The fourth-order valence-electron chi connectivity index (χ4n) is 3.87. The molecule has 4 amide bonds. The van der Waals surface area contributed by atoms with E-state index in [0.29, 0.717) is 38.8 Å². The highest BCUT2D eigenvalue weighted by atomic mass is 16.4. The molecule has 2 rings (SSSR count). The van der Waals surface area contributed by atoms with Gasteiger partial charge in [-0.3, -0.25) is 19.2 Å². The van der Waals surface area contributed by atoms with Crippen molar-refractivity contribution in [1.29, 1.82) is 0 Å². The third-order valence-corrected chi connectivity index (χ3v) is 5.48. The van der Waals surface area contributed by atoms with E-state index < -0.39 is 60.4 Å². The molecule has 30 heavy (non-hydrogen) atoms. The van der Waals surface area contributed by atoms with Gasteiger partial charge in [0, 0.05) is 19.5 Å². The van der Waals surface area contributed by atoms with Crippen LogP contribution in [0.5, 0.6) is 0 Å². The van der Waals surface area contributed by atoms with E-state index >= 15 is 0 Å². The quantitative estimate of drug-likeness (QED) is 0.258. The van der Waals surface area contributed by atoms with Crippen molar-refractivity contribution in [3.8, 4) is 0 Å². The van der Waals surface area contributed by atoms with Crippen LogP contribution < -0.4 is 16.8 Å². The number of carbonyl (C=O) groups is 5. The Morgan fingerprint density at radius 1 is 1.03 bits per heavy atom. The van der Waals surface area contributed by atoms with E-state index in [0.717, 1.165) is 0 Å². The van der Waals surface area contributed by atoms with Gasteiger partial charge in [0.15, 0.2) is 0 Å². The predicted molar refractivity (Wildman–Crippen MR) is 103 cm³/mol. The average molecular weight is 427 g/mol. The van der Waals surface area contributed by atoms with Crippen molar-refractivity contribution in [2.45, 2.75) is 62.7 Å². The molecule has 2 aliphatic heterocycles. The zero-order valence-corrected chi connectivity index (χ0v) is 16.7. The van der Waals surface area contributed by atoms with Crippen molar-refractivity contribution < 1.29 is 34.2 Å². The van der Waals surface area contributed by atoms with Crippen LogP contribution in [0.25, 0.3) is 0 Å². The Labute approximate surface area is 173 Å². The zero-order valence-electron chi connectivity index (χ0n) is 16.7. The normalized spacial score (nSPS) is 23.1. The molecule has 0 aromatic heterocycles. The van der Waals surface area contributed by atoms with Gasteiger partial charge in [-0.2, -0.15) is 0 Å². The maximum absolute atomic E-state index is 13.1. The Bertz CT molecular complexity index is 700. The lowest BCUT2D eigenvalue weighted by Gasteiger charge is -2.32. The SMILES string of the molecule is NC(=O)CCC(N)C(=O)N1CCCC1C(=O)N1CCCC1C(=O)NC(CO)C(=O)O. The molecule has 4 unspecified atom stereocenters. The van der Waals surface area contributed by atoms with E-state index in [2.05, 4.69) is 5.32 Å². The summed E-state index contributed by atoms with van der Waals surface area (Å²) in [6.07, 6.45) is 1.97. The standard InChI is InChI=1S/C18H29N5O7/c19-10(5-6-14(20)25)16(27)23-8-2-4-13(23)17(28)22-7-1-3-12(22)15(26)21-11(9-24)18(29)30/h10-13,24H,1-9,19H2,(H2,20,25)(H,21,26)(H,29,30). The number of aliphatic hydroxyl groups excluding tert-OH is 1. The number of carboxylic acid groups (broad SMARTS) is 1. The minimum atomic E-state index is -1.46. The van der Waals surface area contributed by atoms with E-state index in [1.54, 1.807) is 0 Å². The summed E-state index contributed by atoms with van der Waals surface area (Å²) in [5, 5.41) is 20.3. The highest BCUT2D eigenvalue weighted by molar-refractivity contribution is 5.95. The van der Waals surface area contributed by atoms with Crippen LogP contribution in [0.1, 0.15) is 38.5 Å². The molecule has 0 saturated carbocycles. The number of primary amides is 1. The second-order valence-corrected chi connectivity index (χ2v) is 7.57. The monoisotopic (exact) mass is 427 g/mol. The lowest BCUT2D eigenvalue weighted by atomic mass is 10.1. The highest BCUT2D eigenvalue weighted by Crippen LogP contribution is 2.25. The van der Waals surface area contributed by atoms with Crippen LogP contribution in [0.3, 0.4) is 0 Å². The second-order valence-electron chi connectivity index (χ2n) is 7.57.